The average Bonchev–Trinajstić information content (AvgIpc) is 2.46. The molecule has 0 atom stereocenters. The minimum Gasteiger partial charge on any atom is -0.478 e. The number of nitro groups is 1. The monoisotopic (exact) mass is 286 g/mol. The topological polar surface area (TPSA) is 92.5 Å². The molecule has 0 heterocycles. The van der Waals surface area contributed by atoms with Crippen molar-refractivity contribution >= 4 is 17.3 Å². The molecule has 108 valence electrons. The maximum Gasteiger partial charge on any atom is 0.335 e. The Hall–Kier alpha value is -2.89. The Balaban J connectivity index is 2.11. The Morgan fingerprint density at radius 3 is 2.48 bits per heavy atom. The van der Waals surface area contributed by atoms with Crippen LogP contribution in [0.5, 0.6) is 0 Å². The van der Waals surface area contributed by atoms with Crippen molar-refractivity contribution in [2.24, 2.45) is 0 Å². The van der Waals surface area contributed by atoms with E-state index in [0.717, 1.165) is 11.3 Å². The first kappa shape index (κ1) is 14.5. The summed E-state index contributed by atoms with van der Waals surface area (Å²) in [6, 6.07) is 11.3. The lowest BCUT2D eigenvalue weighted by molar-refractivity contribution is -0.385. The van der Waals surface area contributed by atoms with Crippen molar-refractivity contribution in [3.05, 3.63) is 69.3 Å². The highest BCUT2D eigenvalue weighted by Gasteiger charge is 2.12. The number of aromatic carboxylic acids is 1. The molecule has 0 spiro atoms. The van der Waals surface area contributed by atoms with E-state index in [1.807, 2.05) is 6.07 Å². The lowest BCUT2D eigenvalue weighted by Crippen LogP contribution is -2.04. The molecule has 0 saturated carbocycles. The predicted octanol–water partition coefficient (Wildman–Crippen LogP) is 3.21. The van der Waals surface area contributed by atoms with Gasteiger partial charge in [-0.15, -0.1) is 0 Å². The Morgan fingerprint density at radius 2 is 1.90 bits per heavy atom. The zero-order valence-electron chi connectivity index (χ0n) is 11.4. The zero-order valence-corrected chi connectivity index (χ0v) is 11.4. The fourth-order valence-electron chi connectivity index (χ4n) is 1.99. The van der Waals surface area contributed by atoms with Crippen LogP contribution >= 0.6 is 0 Å². The van der Waals surface area contributed by atoms with Crippen LogP contribution in [0.4, 0.5) is 11.4 Å². The summed E-state index contributed by atoms with van der Waals surface area (Å²) in [6.45, 7) is 2.14. The second-order valence-electron chi connectivity index (χ2n) is 4.55. The minimum atomic E-state index is -0.976. The van der Waals surface area contributed by atoms with E-state index in [1.165, 1.54) is 18.2 Å². The van der Waals surface area contributed by atoms with E-state index in [-0.39, 0.29) is 11.3 Å². The third-order valence-electron chi connectivity index (χ3n) is 3.23. The number of nitrogens with one attached hydrogen (secondary N) is 1. The molecule has 0 radical (unpaired) electrons. The van der Waals surface area contributed by atoms with Gasteiger partial charge < -0.3 is 10.4 Å². The lowest BCUT2D eigenvalue weighted by Gasteiger charge is -2.09. The van der Waals surface area contributed by atoms with E-state index in [2.05, 4.69) is 5.32 Å². The van der Waals surface area contributed by atoms with Gasteiger partial charge in [-0.25, -0.2) is 4.79 Å². The Labute approximate surface area is 121 Å². The summed E-state index contributed by atoms with van der Waals surface area (Å²) in [5, 5.41) is 22.8. The first-order valence-corrected chi connectivity index (χ1v) is 6.29. The van der Waals surface area contributed by atoms with Crippen LogP contribution in [-0.4, -0.2) is 16.0 Å². The summed E-state index contributed by atoms with van der Waals surface area (Å²) >= 11 is 0. The molecule has 6 heteroatoms. The van der Waals surface area contributed by atoms with Gasteiger partial charge in [0.25, 0.3) is 5.69 Å². The number of rotatable bonds is 5. The van der Waals surface area contributed by atoms with E-state index in [9.17, 15) is 14.9 Å². The molecular weight excluding hydrogens is 272 g/mol. The molecule has 0 aliphatic heterocycles. The van der Waals surface area contributed by atoms with Gasteiger partial charge in [-0.3, -0.25) is 10.1 Å². The largest absolute Gasteiger partial charge is 0.478 e. The molecule has 0 fully saturated rings. The summed E-state index contributed by atoms with van der Waals surface area (Å²) in [5.41, 5.74) is 2.51. The van der Waals surface area contributed by atoms with E-state index in [0.29, 0.717) is 12.1 Å². The number of anilines is 1. The molecule has 0 saturated heterocycles. The molecule has 2 N–H and O–H groups in total. The number of nitro benzene ring substituents is 1. The van der Waals surface area contributed by atoms with Crippen LogP contribution in [0.25, 0.3) is 0 Å². The highest BCUT2D eigenvalue weighted by molar-refractivity contribution is 5.87. The maximum atomic E-state index is 10.9. The summed E-state index contributed by atoms with van der Waals surface area (Å²) in [6.07, 6.45) is 0. The molecule has 0 unspecified atom stereocenters. The fourth-order valence-corrected chi connectivity index (χ4v) is 1.99. The normalized spacial score (nSPS) is 10.1. The molecule has 21 heavy (non-hydrogen) atoms. The standard InChI is InChI=1S/C15H14N2O4/c1-10-12(3-2-4-14(10)17(20)21)9-16-13-7-5-11(6-8-13)15(18)19/h2-8,16H,9H2,1H3,(H,18,19). The predicted molar refractivity (Wildman–Crippen MR) is 78.6 cm³/mol. The number of hydrogen-bond acceptors (Lipinski definition) is 4. The molecule has 0 amide bonds. The third kappa shape index (κ3) is 3.36. The molecule has 2 rings (SSSR count). The van der Waals surface area contributed by atoms with Crippen molar-refractivity contribution in [1.29, 1.82) is 0 Å². The van der Waals surface area contributed by atoms with Crippen molar-refractivity contribution in [3.63, 3.8) is 0 Å². The van der Waals surface area contributed by atoms with Crippen LogP contribution in [0.1, 0.15) is 21.5 Å². The van der Waals surface area contributed by atoms with Crippen LogP contribution in [0.3, 0.4) is 0 Å². The van der Waals surface area contributed by atoms with E-state index >= 15 is 0 Å². The van der Waals surface area contributed by atoms with Crippen molar-refractivity contribution < 1.29 is 14.8 Å². The van der Waals surface area contributed by atoms with Crippen molar-refractivity contribution in [3.8, 4) is 0 Å². The van der Waals surface area contributed by atoms with Crippen LogP contribution in [0.15, 0.2) is 42.5 Å². The Bertz CT molecular complexity index is 681. The molecule has 2 aromatic carbocycles. The van der Waals surface area contributed by atoms with Crippen LogP contribution in [0, 0.1) is 17.0 Å². The van der Waals surface area contributed by atoms with E-state index in [1.54, 1.807) is 25.1 Å². The molecule has 0 aliphatic carbocycles. The molecule has 0 aromatic heterocycles. The van der Waals surface area contributed by atoms with Gasteiger partial charge >= 0.3 is 5.97 Å². The summed E-state index contributed by atoms with van der Waals surface area (Å²) < 4.78 is 0. The average molecular weight is 286 g/mol. The zero-order chi connectivity index (χ0) is 15.4. The number of carbonyl (C=O) groups is 1. The Kier molecular flexibility index (Phi) is 4.18. The summed E-state index contributed by atoms with van der Waals surface area (Å²) in [7, 11) is 0. The van der Waals surface area contributed by atoms with Crippen molar-refractivity contribution in [2.45, 2.75) is 13.5 Å². The van der Waals surface area contributed by atoms with Gasteiger partial charge in [-0.05, 0) is 36.8 Å². The number of hydrogen-bond donors (Lipinski definition) is 2. The van der Waals surface area contributed by atoms with Gasteiger partial charge in [0.2, 0.25) is 0 Å². The van der Waals surface area contributed by atoms with Gasteiger partial charge in [0, 0.05) is 23.9 Å². The molecule has 6 nitrogen and oxygen atoms in total. The molecule has 0 aliphatic rings. The Morgan fingerprint density at radius 1 is 1.24 bits per heavy atom. The van der Waals surface area contributed by atoms with Crippen LogP contribution < -0.4 is 5.32 Å². The smallest absolute Gasteiger partial charge is 0.335 e. The number of benzene rings is 2. The summed E-state index contributed by atoms with van der Waals surface area (Å²) in [5.74, 6) is -0.976. The van der Waals surface area contributed by atoms with Gasteiger partial charge in [-0.2, -0.15) is 0 Å². The highest BCUT2D eigenvalue weighted by atomic mass is 16.6. The molecule has 0 bridgehead atoms. The van der Waals surface area contributed by atoms with Crippen molar-refractivity contribution in [2.75, 3.05) is 5.32 Å². The second kappa shape index (κ2) is 6.04. The fraction of sp³-hybridized carbons (Fsp3) is 0.133. The number of carboxylic acid groups (broad SMARTS) is 1. The quantitative estimate of drug-likeness (QED) is 0.650. The first-order chi connectivity index (χ1) is 9.99. The molecule has 2 aromatic rings. The molecular formula is C15H14N2O4. The van der Waals surface area contributed by atoms with Gasteiger partial charge in [-0.1, -0.05) is 12.1 Å². The van der Waals surface area contributed by atoms with Crippen LogP contribution in [-0.2, 0) is 6.54 Å². The van der Waals surface area contributed by atoms with E-state index in [4.69, 9.17) is 5.11 Å². The first-order valence-electron chi connectivity index (χ1n) is 6.29. The second-order valence-corrected chi connectivity index (χ2v) is 4.55. The van der Waals surface area contributed by atoms with Crippen molar-refractivity contribution in [1.82, 2.24) is 0 Å². The van der Waals surface area contributed by atoms with E-state index < -0.39 is 10.9 Å². The van der Waals surface area contributed by atoms with Gasteiger partial charge in [0.15, 0.2) is 0 Å². The lowest BCUT2D eigenvalue weighted by atomic mass is 10.1. The maximum absolute atomic E-state index is 10.9. The van der Waals surface area contributed by atoms with Gasteiger partial charge in [0.05, 0.1) is 10.5 Å². The number of carboxylic acids is 1. The SMILES string of the molecule is Cc1c(CNc2ccc(C(=O)O)cc2)cccc1[N+](=O)[O-]. The highest BCUT2D eigenvalue weighted by Crippen LogP contribution is 2.22. The minimum absolute atomic E-state index is 0.0931. The number of nitrogens with zero attached hydrogens (tertiary/aromatic N) is 1. The van der Waals surface area contributed by atoms with Gasteiger partial charge in [0.1, 0.15) is 0 Å². The summed E-state index contributed by atoms with van der Waals surface area (Å²) in [4.78, 5) is 21.2. The third-order valence-corrected chi connectivity index (χ3v) is 3.23. The van der Waals surface area contributed by atoms with Crippen LogP contribution in [0.2, 0.25) is 0 Å².